The van der Waals surface area contributed by atoms with E-state index in [1.807, 2.05) is 25.1 Å². The molecule has 0 aliphatic carbocycles. The van der Waals surface area contributed by atoms with Gasteiger partial charge in [-0.25, -0.2) is 0 Å². The van der Waals surface area contributed by atoms with E-state index in [0.29, 0.717) is 39.3 Å². The minimum atomic E-state index is 0.435. The Kier molecular flexibility index (Phi) is 6.54. The lowest BCUT2D eigenvalue weighted by atomic mass is 10.0. The second-order valence-corrected chi connectivity index (χ2v) is 5.90. The summed E-state index contributed by atoms with van der Waals surface area (Å²) in [7, 11) is 1.59. The van der Waals surface area contributed by atoms with E-state index in [9.17, 15) is 5.26 Å². The molecule has 2 aromatic carbocycles. The standard InChI is InChI=1S/C19H17Cl2NO2/c1-3-8-24-18-7-4-13(10-19(18)23-2)9-14(12-22)16-6-5-15(20)11-17(16)21/h4-7,9-11H,3,8H2,1-2H3/b14-9+. The fourth-order valence-corrected chi connectivity index (χ4v) is 2.66. The van der Waals surface area contributed by atoms with Gasteiger partial charge in [-0.1, -0.05) is 42.3 Å². The second-order valence-electron chi connectivity index (χ2n) is 5.05. The summed E-state index contributed by atoms with van der Waals surface area (Å²) in [6.45, 7) is 2.66. The van der Waals surface area contributed by atoms with E-state index in [-0.39, 0.29) is 0 Å². The minimum absolute atomic E-state index is 0.435. The molecule has 0 fully saturated rings. The van der Waals surface area contributed by atoms with Crippen molar-refractivity contribution < 1.29 is 9.47 Å². The minimum Gasteiger partial charge on any atom is -0.493 e. The first-order valence-corrected chi connectivity index (χ1v) is 8.22. The summed E-state index contributed by atoms with van der Waals surface area (Å²) in [4.78, 5) is 0. The molecule has 0 aliphatic heterocycles. The molecule has 0 saturated heterocycles. The average Bonchev–Trinajstić information content (AvgIpc) is 2.58. The van der Waals surface area contributed by atoms with Crippen molar-refractivity contribution in [2.75, 3.05) is 13.7 Å². The fraction of sp³-hybridized carbons (Fsp3) is 0.211. The number of hydrogen-bond donors (Lipinski definition) is 0. The van der Waals surface area contributed by atoms with Crippen LogP contribution < -0.4 is 9.47 Å². The quantitative estimate of drug-likeness (QED) is 0.478. The highest BCUT2D eigenvalue weighted by molar-refractivity contribution is 6.36. The first-order chi connectivity index (χ1) is 11.6. The Balaban J connectivity index is 2.39. The van der Waals surface area contributed by atoms with Crippen molar-refractivity contribution in [1.29, 1.82) is 5.26 Å². The molecule has 0 N–H and O–H groups in total. The maximum Gasteiger partial charge on any atom is 0.161 e. The van der Waals surface area contributed by atoms with Gasteiger partial charge in [0.05, 0.1) is 30.4 Å². The van der Waals surface area contributed by atoms with Crippen molar-refractivity contribution in [1.82, 2.24) is 0 Å². The third-order valence-corrected chi connectivity index (χ3v) is 3.85. The lowest BCUT2D eigenvalue weighted by Crippen LogP contribution is -1.97. The first-order valence-electron chi connectivity index (χ1n) is 7.47. The zero-order valence-corrected chi connectivity index (χ0v) is 15.0. The number of methoxy groups -OCH3 is 1. The van der Waals surface area contributed by atoms with Crippen LogP contribution in [0.2, 0.25) is 10.0 Å². The Morgan fingerprint density at radius 1 is 1.17 bits per heavy atom. The van der Waals surface area contributed by atoms with Crippen LogP contribution in [0.4, 0.5) is 0 Å². The largest absolute Gasteiger partial charge is 0.493 e. The van der Waals surface area contributed by atoms with Gasteiger partial charge < -0.3 is 9.47 Å². The van der Waals surface area contributed by atoms with Crippen LogP contribution in [0, 0.1) is 11.3 Å². The molecule has 0 saturated carbocycles. The van der Waals surface area contributed by atoms with Crippen LogP contribution in [0.1, 0.15) is 24.5 Å². The maximum absolute atomic E-state index is 9.47. The number of ether oxygens (including phenoxy) is 2. The Bertz CT molecular complexity index is 794. The maximum atomic E-state index is 9.47. The number of rotatable bonds is 6. The molecular weight excluding hydrogens is 345 g/mol. The predicted octanol–water partition coefficient (Wildman–Crippen LogP) is 5.85. The van der Waals surface area contributed by atoms with Gasteiger partial charge in [0.15, 0.2) is 11.5 Å². The van der Waals surface area contributed by atoms with Crippen LogP contribution >= 0.6 is 23.2 Å². The molecule has 5 heteroatoms. The van der Waals surface area contributed by atoms with Crippen LogP contribution in [-0.2, 0) is 0 Å². The highest BCUT2D eigenvalue weighted by Gasteiger charge is 2.09. The van der Waals surface area contributed by atoms with Crippen molar-refractivity contribution in [3.63, 3.8) is 0 Å². The topological polar surface area (TPSA) is 42.2 Å². The summed E-state index contributed by atoms with van der Waals surface area (Å²) < 4.78 is 11.0. The van der Waals surface area contributed by atoms with E-state index in [1.165, 1.54) is 0 Å². The lowest BCUT2D eigenvalue weighted by Gasteiger charge is -2.11. The van der Waals surface area contributed by atoms with Crippen molar-refractivity contribution in [2.45, 2.75) is 13.3 Å². The molecular formula is C19H17Cl2NO2. The third kappa shape index (κ3) is 4.44. The van der Waals surface area contributed by atoms with Crippen molar-refractivity contribution in [3.8, 4) is 17.6 Å². The van der Waals surface area contributed by atoms with E-state index >= 15 is 0 Å². The molecule has 0 bridgehead atoms. The molecule has 0 unspecified atom stereocenters. The summed E-state index contributed by atoms with van der Waals surface area (Å²) in [5.74, 6) is 1.30. The Hall–Kier alpha value is -2.15. The van der Waals surface area contributed by atoms with Gasteiger partial charge in [0, 0.05) is 10.6 Å². The van der Waals surface area contributed by atoms with Gasteiger partial charge in [0.1, 0.15) is 0 Å². The van der Waals surface area contributed by atoms with Crippen LogP contribution in [0.25, 0.3) is 11.6 Å². The van der Waals surface area contributed by atoms with Crippen LogP contribution in [-0.4, -0.2) is 13.7 Å². The molecule has 0 atom stereocenters. The van der Waals surface area contributed by atoms with Gasteiger partial charge in [-0.15, -0.1) is 0 Å². The van der Waals surface area contributed by atoms with E-state index in [1.54, 1.807) is 31.4 Å². The molecule has 0 radical (unpaired) electrons. The summed E-state index contributed by atoms with van der Waals surface area (Å²) in [6, 6.07) is 12.8. The summed E-state index contributed by atoms with van der Waals surface area (Å²) in [5.41, 5.74) is 1.90. The van der Waals surface area contributed by atoms with E-state index in [0.717, 1.165) is 12.0 Å². The van der Waals surface area contributed by atoms with Crippen molar-refractivity contribution >= 4 is 34.9 Å². The zero-order chi connectivity index (χ0) is 17.5. The van der Waals surface area contributed by atoms with Gasteiger partial charge in [0.2, 0.25) is 0 Å². The highest BCUT2D eigenvalue weighted by Crippen LogP contribution is 2.32. The fourth-order valence-electron chi connectivity index (χ4n) is 2.15. The summed E-state index contributed by atoms with van der Waals surface area (Å²) >= 11 is 12.1. The summed E-state index contributed by atoms with van der Waals surface area (Å²) in [5, 5.41) is 10.4. The molecule has 0 aromatic heterocycles. The SMILES string of the molecule is CCCOc1ccc(/C=C(\C#N)c2ccc(Cl)cc2Cl)cc1OC. The van der Waals surface area contributed by atoms with E-state index in [4.69, 9.17) is 32.7 Å². The third-order valence-electron chi connectivity index (χ3n) is 3.30. The Labute approximate surface area is 152 Å². The number of nitrogens with zero attached hydrogens (tertiary/aromatic N) is 1. The normalized spacial score (nSPS) is 11.0. The van der Waals surface area contributed by atoms with Crippen LogP contribution in [0.3, 0.4) is 0 Å². The van der Waals surface area contributed by atoms with E-state index < -0.39 is 0 Å². The molecule has 2 rings (SSSR count). The molecule has 124 valence electrons. The first kappa shape index (κ1) is 18.2. The predicted molar refractivity (Wildman–Crippen MR) is 98.7 cm³/mol. The molecule has 2 aromatic rings. The highest BCUT2D eigenvalue weighted by atomic mass is 35.5. The number of nitriles is 1. The average molecular weight is 362 g/mol. The molecule has 3 nitrogen and oxygen atoms in total. The molecule has 0 aliphatic rings. The molecule has 24 heavy (non-hydrogen) atoms. The molecule has 0 spiro atoms. The Morgan fingerprint density at radius 2 is 1.96 bits per heavy atom. The van der Waals surface area contributed by atoms with Crippen LogP contribution in [0.15, 0.2) is 36.4 Å². The molecule has 0 heterocycles. The van der Waals surface area contributed by atoms with Gasteiger partial charge in [-0.3, -0.25) is 0 Å². The summed E-state index contributed by atoms with van der Waals surface area (Å²) in [6.07, 6.45) is 2.67. The van der Waals surface area contributed by atoms with Gasteiger partial charge in [-0.05, 0) is 42.3 Å². The zero-order valence-electron chi connectivity index (χ0n) is 13.5. The van der Waals surface area contributed by atoms with Gasteiger partial charge >= 0.3 is 0 Å². The monoisotopic (exact) mass is 361 g/mol. The van der Waals surface area contributed by atoms with Crippen LogP contribution in [0.5, 0.6) is 11.5 Å². The number of allylic oxidation sites excluding steroid dienone is 1. The van der Waals surface area contributed by atoms with Gasteiger partial charge in [0.25, 0.3) is 0 Å². The van der Waals surface area contributed by atoms with E-state index in [2.05, 4.69) is 6.07 Å². The Morgan fingerprint density at radius 3 is 2.58 bits per heavy atom. The number of hydrogen-bond acceptors (Lipinski definition) is 3. The number of halogens is 2. The second kappa shape index (κ2) is 8.63. The van der Waals surface area contributed by atoms with Crippen molar-refractivity contribution in [2.24, 2.45) is 0 Å². The van der Waals surface area contributed by atoms with Crippen molar-refractivity contribution in [3.05, 3.63) is 57.6 Å². The lowest BCUT2D eigenvalue weighted by molar-refractivity contribution is 0.294. The van der Waals surface area contributed by atoms with Gasteiger partial charge in [-0.2, -0.15) is 5.26 Å². The smallest absolute Gasteiger partial charge is 0.161 e. The number of benzene rings is 2. The molecule has 0 amide bonds.